The third-order valence-corrected chi connectivity index (χ3v) is 6.00. The van der Waals surface area contributed by atoms with Crippen molar-refractivity contribution in [1.82, 2.24) is 15.5 Å². The summed E-state index contributed by atoms with van der Waals surface area (Å²) in [6.07, 6.45) is 0.581. The second-order valence-electron chi connectivity index (χ2n) is 6.14. The van der Waals surface area contributed by atoms with Crippen LogP contribution in [0, 0.1) is 0 Å². The zero-order valence-corrected chi connectivity index (χ0v) is 15.4. The van der Waals surface area contributed by atoms with Crippen molar-refractivity contribution in [2.24, 2.45) is 0 Å². The molecule has 1 saturated heterocycles. The van der Waals surface area contributed by atoms with Gasteiger partial charge in [0.05, 0.1) is 0 Å². The molecule has 8 heteroatoms. The molecule has 2 amide bonds. The highest BCUT2D eigenvalue weighted by molar-refractivity contribution is 8.00. The molecular weight excluding hydrogens is 354 g/mol. The standard InChI is InChI=1S/C18H21N3O4S/c1-3-10-9-26-17-13(16(23)21(17)14(10)18(24)25)20-15(22)12(19-2)11-7-5-4-6-8-11/h4-8,12-13,17,19H,3,9H2,1-2H3,(H,20,22)(H,24,25)/t12-,13+,17+/m0/s1. The number of amides is 2. The molecule has 2 aliphatic heterocycles. The van der Waals surface area contributed by atoms with Gasteiger partial charge in [-0.1, -0.05) is 37.3 Å². The fourth-order valence-corrected chi connectivity index (χ4v) is 4.73. The number of carboxylic acid groups (broad SMARTS) is 1. The Bertz CT molecular complexity index is 765. The van der Waals surface area contributed by atoms with E-state index in [1.54, 1.807) is 7.05 Å². The molecule has 1 aromatic carbocycles. The molecule has 2 aliphatic rings. The molecule has 3 atom stereocenters. The summed E-state index contributed by atoms with van der Waals surface area (Å²) in [5, 5.41) is 14.8. The first-order chi connectivity index (χ1) is 12.5. The van der Waals surface area contributed by atoms with Gasteiger partial charge in [0, 0.05) is 5.75 Å². The van der Waals surface area contributed by atoms with Crippen LogP contribution in [0.1, 0.15) is 24.9 Å². The van der Waals surface area contributed by atoms with Crippen molar-refractivity contribution < 1.29 is 19.5 Å². The van der Waals surface area contributed by atoms with Gasteiger partial charge in [-0.2, -0.15) is 0 Å². The van der Waals surface area contributed by atoms with Crippen LogP contribution < -0.4 is 10.6 Å². The predicted octanol–water partition coefficient (Wildman–Crippen LogP) is 1.10. The Morgan fingerprint density at radius 3 is 2.62 bits per heavy atom. The van der Waals surface area contributed by atoms with Gasteiger partial charge in [0.2, 0.25) is 5.91 Å². The monoisotopic (exact) mass is 375 g/mol. The number of benzene rings is 1. The molecule has 7 nitrogen and oxygen atoms in total. The number of β-lactam (4-membered cyclic amide) rings is 1. The molecule has 1 fully saturated rings. The highest BCUT2D eigenvalue weighted by atomic mass is 32.2. The minimum absolute atomic E-state index is 0.0694. The topological polar surface area (TPSA) is 98.7 Å². The minimum Gasteiger partial charge on any atom is -0.477 e. The maximum absolute atomic E-state index is 12.7. The molecule has 2 heterocycles. The molecule has 3 rings (SSSR count). The SMILES string of the molecule is CCC1=C(C(=O)O)N2C(=O)[C@@H](NC(=O)[C@@H](NC)c3ccccc3)[C@H]2SC1. The maximum atomic E-state index is 12.7. The number of hydrogen-bond donors (Lipinski definition) is 3. The first-order valence-corrected chi connectivity index (χ1v) is 9.47. The summed E-state index contributed by atoms with van der Waals surface area (Å²) in [5.41, 5.74) is 1.61. The van der Waals surface area contributed by atoms with E-state index in [0.29, 0.717) is 12.2 Å². The van der Waals surface area contributed by atoms with E-state index in [0.717, 1.165) is 11.1 Å². The molecule has 0 saturated carbocycles. The Hall–Kier alpha value is -2.32. The van der Waals surface area contributed by atoms with Crippen LogP contribution in [0.2, 0.25) is 0 Å². The number of rotatable bonds is 6. The molecule has 0 bridgehead atoms. The lowest BCUT2D eigenvalue weighted by atomic mass is 10.0. The maximum Gasteiger partial charge on any atom is 0.352 e. The van der Waals surface area contributed by atoms with Crippen LogP contribution in [0.4, 0.5) is 0 Å². The van der Waals surface area contributed by atoms with E-state index in [1.807, 2.05) is 37.3 Å². The van der Waals surface area contributed by atoms with E-state index < -0.39 is 18.1 Å². The van der Waals surface area contributed by atoms with Crippen LogP contribution in [0.25, 0.3) is 0 Å². The number of nitrogens with zero attached hydrogens (tertiary/aromatic N) is 1. The van der Waals surface area contributed by atoms with Gasteiger partial charge in [0.15, 0.2) is 0 Å². The number of carboxylic acids is 1. The average Bonchev–Trinajstić information content (AvgIpc) is 2.66. The van der Waals surface area contributed by atoms with E-state index >= 15 is 0 Å². The predicted molar refractivity (Wildman–Crippen MR) is 98.2 cm³/mol. The van der Waals surface area contributed by atoms with Crippen molar-refractivity contribution in [3.05, 3.63) is 47.2 Å². The van der Waals surface area contributed by atoms with Crippen LogP contribution in [0.5, 0.6) is 0 Å². The Morgan fingerprint density at radius 2 is 2.04 bits per heavy atom. The van der Waals surface area contributed by atoms with E-state index in [1.165, 1.54) is 16.7 Å². The Morgan fingerprint density at radius 1 is 1.35 bits per heavy atom. The van der Waals surface area contributed by atoms with Gasteiger partial charge in [-0.15, -0.1) is 11.8 Å². The summed E-state index contributed by atoms with van der Waals surface area (Å²) in [6, 6.07) is 7.94. The van der Waals surface area contributed by atoms with E-state index in [4.69, 9.17) is 0 Å². The van der Waals surface area contributed by atoms with Gasteiger partial charge in [-0.3, -0.25) is 14.5 Å². The van der Waals surface area contributed by atoms with Crippen LogP contribution >= 0.6 is 11.8 Å². The summed E-state index contributed by atoms with van der Waals surface area (Å²) >= 11 is 1.48. The van der Waals surface area contributed by atoms with Crippen molar-refractivity contribution in [2.75, 3.05) is 12.8 Å². The number of carbonyl (C=O) groups excluding carboxylic acids is 2. The Balaban J connectivity index is 1.75. The van der Waals surface area contributed by atoms with Gasteiger partial charge in [0.1, 0.15) is 23.2 Å². The lowest BCUT2D eigenvalue weighted by molar-refractivity contribution is -0.151. The second-order valence-corrected chi connectivity index (χ2v) is 7.24. The largest absolute Gasteiger partial charge is 0.477 e. The lowest BCUT2D eigenvalue weighted by Crippen LogP contribution is -2.71. The highest BCUT2D eigenvalue weighted by Crippen LogP contribution is 2.41. The van der Waals surface area contributed by atoms with Crippen molar-refractivity contribution in [1.29, 1.82) is 0 Å². The second kappa shape index (κ2) is 7.51. The van der Waals surface area contributed by atoms with Crippen LogP contribution in [0.15, 0.2) is 41.6 Å². The van der Waals surface area contributed by atoms with Gasteiger partial charge >= 0.3 is 5.97 Å². The first kappa shape index (κ1) is 18.5. The smallest absolute Gasteiger partial charge is 0.352 e. The summed E-state index contributed by atoms with van der Waals surface area (Å²) in [5.74, 6) is -1.23. The van der Waals surface area contributed by atoms with Crippen molar-refractivity contribution in [3.8, 4) is 0 Å². The highest BCUT2D eigenvalue weighted by Gasteiger charge is 2.54. The van der Waals surface area contributed by atoms with Crippen LogP contribution in [-0.2, 0) is 14.4 Å². The molecule has 26 heavy (non-hydrogen) atoms. The Kier molecular flexibility index (Phi) is 5.33. The number of carbonyl (C=O) groups is 3. The molecule has 138 valence electrons. The molecule has 0 aromatic heterocycles. The number of nitrogens with one attached hydrogen (secondary N) is 2. The van der Waals surface area contributed by atoms with Crippen LogP contribution in [0.3, 0.4) is 0 Å². The minimum atomic E-state index is -1.09. The van der Waals surface area contributed by atoms with Crippen molar-refractivity contribution in [3.63, 3.8) is 0 Å². The summed E-state index contributed by atoms with van der Waals surface area (Å²) in [7, 11) is 1.68. The number of aliphatic carboxylic acids is 1. The molecule has 0 aliphatic carbocycles. The summed E-state index contributed by atoms with van der Waals surface area (Å²) < 4.78 is 0. The molecule has 0 radical (unpaired) electrons. The van der Waals surface area contributed by atoms with Gasteiger partial charge in [0.25, 0.3) is 5.91 Å². The number of thioether (sulfide) groups is 1. The molecular formula is C18H21N3O4S. The number of hydrogen-bond acceptors (Lipinski definition) is 5. The normalized spacial score (nSPS) is 23.2. The third-order valence-electron chi connectivity index (χ3n) is 4.66. The summed E-state index contributed by atoms with van der Waals surface area (Å²) in [6.45, 7) is 1.88. The molecule has 3 N–H and O–H groups in total. The Labute approximate surface area is 155 Å². The summed E-state index contributed by atoms with van der Waals surface area (Å²) in [4.78, 5) is 38.1. The molecule has 0 unspecified atom stereocenters. The van der Waals surface area contributed by atoms with Crippen LogP contribution in [-0.4, -0.2) is 52.0 Å². The van der Waals surface area contributed by atoms with Crippen molar-refractivity contribution in [2.45, 2.75) is 30.8 Å². The third kappa shape index (κ3) is 3.10. The molecule has 0 spiro atoms. The lowest BCUT2D eigenvalue weighted by Gasteiger charge is -2.49. The number of fused-ring (bicyclic) bond motifs is 1. The quantitative estimate of drug-likeness (QED) is 0.644. The first-order valence-electron chi connectivity index (χ1n) is 8.42. The van der Waals surface area contributed by atoms with Gasteiger partial charge < -0.3 is 15.7 Å². The van der Waals surface area contributed by atoms with Gasteiger partial charge in [-0.05, 0) is 24.6 Å². The molecule has 1 aromatic rings. The fraction of sp³-hybridized carbons (Fsp3) is 0.389. The van der Waals surface area contributed by atoms with Crippen molar-refractivity contribution >= 4 is 29.5 Å². The van der Waals surface area contributed by atoms with E-state index in [9.17, 15) is 19.5 Å². The zero-order valence-electron chi connectivity index (χ0n) is 14.6. The number of likely N-dealkylation sites (N-methyl/N-ethyl adjacent to an activating group) is 1. The van der Waals surface area contributed by atoms with E-state index in [2.05, 4.69) is 10.6 Å². The zero-order chi connectivity index (χ0) is 18.8. The van der Waals surface area contributed by atoms with Gasteiger partial charge in [-0.25, -0.2) is 4.79 Å². The fourth-order valence-electron chi connectivity index (χ4n) is 3.29. The van der Waals surface area contributed by atoms with E-state index in [-0.39, 0.29) is 22.9 Å². The average molecular weight is 375 g/mol.